The number of amides is 1. The van der Waals surface area contributed by atoms with E-state index in [1.165, 1.54) is 38.4 Å². The SMILES string of the molecule is COc1cc(C(=O)NCCn2ncc3c(=O)n(Cc4ccc(Cl)cc4)cnc32)cc(OC)c1OC. The van der Waals surface area contributed by atoms with Crippen molar-refractivity contribution >= 4 is 28.5 Å². The summed E-state index contributed by atoms with van der Waals surface area (Å²) >= 11 is 5.93. The molecule has 4 rings (SSSR count). The van der Waals surface area contributed by atoms with Crippen LogP contribution in [0, 0.1) is 0 Å². The third-order valence-corrected chi connectivity index (χ3v) is 5.68. The maximum atomic E-state index is 12.9. The Balaban J connectivity index is 1.45. The quantitative estimate of drug-likeness (QED) is 0.378. The number of benzene rings is 2. The van der Waals surface area contributed by atoms with Crippen molar-refractivity contribution < 1.29 is 19.0 Å². The summed E-state index contributed by atoms with van der Waals surface area (Å²) in [6.45, 7) is 0.962. The summed E-state index contributed by atoms with van der Waals surface area (Å²) in [5.41, 5.74) is 1.54. The fraction of sp³-hybridized carbons (Fsp3) is 0.250. The van der Waals surface area contributed by atoms with Crippen molar-refractivity contribution in [2.45, 2.75) is 13.1 Å². The summed E-state index contributed by atoms with van der Waals surface area (Å²) in [5.74, 6) is 0.852. The van der Waals surface area contributed by atoms with Crippen molar-refractivity contribution in [1.82, 2.24) is 24.6 Å². The minimum absolute atomic E-state index is 0.197. The first-order valence-corrected chi connectivity index (χ1v) is 11.1. The predicted octanol–water partition coefficient (Wildman–Crippen LogP) is 2.75. The Hall–Kier alpha value is -4.05. The van der Waals surface area contributed by atoms with Crippen LogP contribution in [0.15, 0.2) is 53.7 Å². The van der Waals surface area contributed by atoms with Gasteiger partial charge in [0.25, 0.3) is 11.5 Å². The number of carbonyl (C=O) groups excluding carboxylic acids is 1. The van der Waals surface area contributed by atoms with Crippen LogP contribution in [-0.4, -0.2) is 53.1 Å². The minimum atomic E-state index is -0.320. The normalized spacial score (nSPS) is 10.9. The molecule has 0 atom stereocenters. The molecule has 0 aliphatic rings. The molecule has 2 aromatic heterocycles. The molecule has 0 unspecified atom stereocenters. The van der Waals surface area contributed by atoms with Gasteiger partial charge in [0.2, 0.25) is 5.75 Å². The summed E-state index contributed by atoms with van der Waals surface area (Å²) in [4.78, 5) is 30.0. The van der Waals surface area contributed by atoms with Gasteiger partial charge in [-0.25, -0.2) is 9.67 Å². The minimum Gasteiger partial charge on any atom is -0.493 e. The summed E-state index contributed by atoms with van der Waals surface area (Å²) < 4.78 is 19.0. The standard InChI is InChI=1S/C24H24ClN5O5/c1-33-19-10-16(11-20(34-2)21(19)35-3)23(31)26-8-9-30-22-18(12-28-30)24(32)29(14-27-22)13-15-4-6-17(25)7-5-15/h4-7,10-12,14H,8-9,13H2,1-3H3,(H,26,31). The van der Waals surface area contributed by atoms with E-state index in [0.717, 1.165) is 5.56 Å². The van der Waals surface area contributed by atoms with Gasteiger partial charge in [0.1, 0.15) is 11.7 Å². The van der Waals surface area contributed by atoms with Gasteiger partial charge in [0, 0.05) is 17.1 Å². The van der Waals surface area contributed by atoms with E-state index in [-0.39, 0.29) is 18.0 Å². The molecule has 0 bridgehead atoms. The Kier molecular flexibility index (Phi) is 7.21. The molecule has 35 heavy (non-hydrogen) atoms. The molecule has 1 N–H and O–H groups in total. The van der Waals surface area contributed by atoms with Gasteiger partial charge in [-0.05, 0) is 29.8 Å². The van der Waals surface area contributed by atoms with E-state index in [4.69, 9.17) is 25.8 Å². The fourth-order valence-electron chi connectivity index (χ4n) is 3.65. The van der Waals surface area contributed by atoms with Crippen LogP contribution in [0.3, 0.4) is 0 Å². The van der Waals surface area contributed by atoms with Gasteiger partial charge < -0.3 is 19.5 Å². The average Bonchev–Trinajstić information content (AvgIpc) is 3.29. The number of hydrogen-bond acceptors (Lipinski definition) is 7. The Morgan fingerprint density at radius 3 is 2.37 bits per heavy atom. The smallest absolute Gasteiger partial charge is 0.264 e. The van der Waals surface area contributed by atoms with Crippen molar-refractivity contribution in [1.29, 1.82) is 0 Å². The number of nitrogens with one attached hydrogen (secondary N) is 1. The molecule has 4 aromatic rings. The zero-order chi connectivity index (χ0) is 24.9. The van der Waals surface area contributed by atoms with Crippen LogP contribution in [0.4, 0.5) is 0 Å². The Bertz CT molecular complexity index is 1390. The van der Waals surface area contributed by atoms with E-state index in [2.05, 4.69) is 15.4 Å². The number of aromatic nitrogens is 4. The van der Waals surface area contributed by atoms with E-state index in [9.17, 15) is 9.59 Å². The first kappa shape index (κ1) is 24.1. The molecule has 0 saturated carbocycles. The number of fused-ring (bicyclic) bond motifs is 1. The van der Waals surface area contributed by atoms with Crippen LogP contribution in [0.1, 0.15) is 15.9 Å². The molecule has 0 spiro atoms. The van der Waals surface area contributed by atoms with E-state index >= 15 is 0 Å². The lowest BCUT2D eigenvalue weighted by Crippen LogP contribution is -2.28. The molecule has 182 valence electrons. The van der Waals surface area contributed by atoms with Gasteiger partial charge in [-0.3, -0.25) is 14.2 Å². The Morgan fingerprint density at radius 1 is 1.06 bits per heavy atom. The molecule has 0 radical (unpaired) electrons. The zero-order valence-electron chi connectivity index (χ0n) is 19.4. The van der Waals surface area contributed by atoms with Crippen LogP contribution in [0.25, 0.3) is 11.0 Å². The van der Waals surface area contributed by atoms with Gasteiger partial charge in [0.05, 0.1) is 40.6 Å². The summed E-state index contributed by atoms with van der Waals surface area (Å²) in [7, 11) is 4.46. The van der Waals surface area contributed by atoms with Crippen LogP contribution < -0.4 is 25.1 Å². The van der Waals surface area contributed by atoms with Gasteiger partial charge in [0.15, 0.2) is 17.1 Å². The second-order valence-corrected chi connectivity index (χ2v) is 8.02. The summed E-state index contributed by atoms with van der Waals surface area (Å²) in [5, 5.41) is 8.14. The number of nitrogens with zero attached hydrogens (tertiary/aromatic N) is 4. The molecule has 0 aliphatic carbocycles. The molecule has 11 heteroatoms. The van der Waals surface area contributed by atoms with Crippen molar-refractivity contribution in [3.8, 4) is 17.2 Å². The van der Waals surface area contributed by atoms with E-state index in [0.29, 0.717) is 52.0 Å². The summed E-state index contributed by atoms with van der Waals surface area (Å²) in [6.07, 6.45) is 2.98. The lowest BCUT2D eigenvalue weighted by atomic mass is 10.1. The van der Waals surface area contributed by atoms with E-state index in [1.54, 1.807) is 28.9 Å². The molecule has 2 heterocycles. The van der Waals surface area contributed by atoms with Crippen LogP contribution in [0.2, 0.25) is 5.02 Å². The first-order chi connectivity index (χ1) is 16.9. The van der Waals surface area contributed by atoms with Crippen LogP contribution in [-0.2, 0) is 13.1 Å². The molecule has 2 aromatic carbocycles. The van der Waals surface area contributed by atoms with Crippen LogP contribution >= 0.6 is 11.6 Å². The highest BCUT2D eigenvalue weighted by Crippen LogP contribution is 2.38. The predicted molar refractivity (Wildman–Crippen MR) is 131 cm³/mol. The van der Waals surface area contributed by atoms with Crippen molar-refractivity contribution in [2.75, 3.05) is 27.9 Å². The van der Waals surface area contributed by atoms with Crippen LogP contribution in [0.5, 0.6) is 17.2 Å². The maximum Gasteiger partial charge on any atom is 0.264 e. The lowest BCUT2D eigenvalue weighted by molar-refractivity contribution is 0.0951. The lowest BCUT2D eigenvalue weighted by Gasteiger charge is -2.14. The highest BCUT2D eigenvalue weighted by atomic mass is 35.5. The van der Waals surface area contributed by atoms with E-state index < -0.39 is 0 Å². The second kappa shape index (κ2) is 10.5. The number of hydrogen-bond donors (Lipinski definition) is 1. The van der Waals surface area contributed by atoms with Crippen molar-refractivity contribution in [2.24, 2.45) is 0 Å². The molecule has 10 nitrogen and oxygen atoms in total. The largest absolute Gasteiger partial charge is 0.493 e. The Labute approximate surface area is 206 Å². The van der Waals surface area contributed by atoms with Crippen molar-refractivity contribution in [3.63, 3.8) is 0 Å². The fourth-order valence-corrected chi connectivity index (χ4v) is 3.78. The molecular weight excluding hydrogens is 474 g/mol. The van der Waals surface area contributed by atoms with E-state index in [1.807, 2.05) is 12.1 Å². The molecule has 0 fully saturated rings. The monoisotopic (exact) mass is 497 g/mol. The number of methoxy groups -OCH3 is 3. The number of rotatable bonds is 9. The molecule has 0 aliphatic heterocycles. The highest BCUT2D eigenvalue weighted by Gasteiger charge is 2.17. The number of carbonyl (C=O) groups is 1. The van der Waals surface area contributed by atoms with Gasteiger partial charge in [-0.2, -0.15) is 5.10 Å². The third kappa shape index (κ3) is 5.07. The molecule has 0 saturated heterocycles. The average molecular weight is 498 g/mol. The first-order valence-electron chi connectivity index (χ1n) is 10.7. The summed E-state index contributed by atoms with van der Waals surface area (Å²) in [6, 6.07) is 10.4. The van der Waals surface area contributed by atoms with Gasteiger partial charge in [-0.1, -0.05) is 23.7 Å². The van der Waals surface area contributed by atoms with Gasteiger partial charge in [-0.15, -0.1) is 0 Å². The maximum absolute atomic E-state index is 12.9. The molecular formula is C24H24ClN5O5. The second-order valence-electron chi connectivity index (χ2n) is 7.58. The molecule has 1 amide bonds. The zero-order valence-corrected chi connectivity index (χ0v) is 20.2. The van der Waals surface area contributed by atoms with Crippen molar-refractivity contribution in [3.05, 3.63) is 75.4 Å². The Morgan fingerprint density at radius 2 is 1.74 bits per heavy atom. The third-order valence-electron chi connectivity index (χ3n) is 5.42. The topological polar surface area (TPSA) is 110 Å². The number of ether oxygens (including phenoxy) is 3. The number of halogens is 1. The highest BCUT2D eigenvalue weighted by molar-refractivity contribution is 6.30. The van der Waals surface area contributed by atoms with Gasteiger partial charge >= 0.3 is 0 Å².